The molecule has 2 fully saturated rings. The van der Waals surface area contributed by atoms with Crippen LogP contribution in [0.3, 0.4) is 0 Å². The molecule has 0 bridgehead atoms. The third-order valence-corrected chi connectivity index (χ3v) is 5.37. The first-order chi connectivity index (χ1) is 13.5. The molecule has 10 heteroatoms. The minimum atomic E-state index is -0.606. The van der Waals surface area contributed by atoms with Crippen molar-refractivity contribution in [3.8, 4) is 0 Å². The number of fused-ring (bicyclic) bond motifs is 1. The van der Waals surface area contributed by atoms with E-state index in [0.29, 0.717) is 23.5 Å². The predicted molar refractivity (Wildman–Crippen MR) is 96.6 cm³/mol. The van der Waals surface area contributed by atoms with Crippen LogP contribution >= 0.6 is 11.6 Å². The van der Waals surface area contributed by atoms with Crippen LogP contribution in [-0.2, 0) is 4.79 Å². The molecule has 2 N–H and O–H groups in total. The zero-order valence-electron chi connectivity index (χ0n) is 14.4. The molecular weight excluding hydrogens is 387 g/mol. The molecule has 8 nitrogen and oxygen atoms in total. The Morgan fingerprint density at radius 3 is 2.86 bits per heavy atom. The van der Waals surface area contributed by atoms with Crippen molar-refractivity contribution >= 4 is 29.2 Å². The second-order valence-corrected chi connectivity index (χ2v) is 7.38. The van der Waals surface area contributed by atoms with E-state index < -0.39 is 23.7 Å². The summed E-state index contributed by atoms with van der Waals surface area (Å²) >= 11 is 5.80. The zero-order chi connectivity index (χ0) is 19.4. The first kappa shape index (κ1) is 17.1. The monoisotopic (exact) mass is 400 g/mol. The third kappa shape index (κ3) is 2.78. The summed E-state index contributed by atoms with van der Waals surface area (Å²) in [5.74, 6) is -1.52. The van der Waals surface area contributed by atoms with Crippen LogP contribution in [-0.4, -0.2) is 38.1 Å². The first-order valence-electron chi connectivity index (χ1n) is 8.75. The molecule has 1 unspecified atom stereocenters. The second-order valence-electron chi connectivity index (χ2n) is 6.94. The van der Waals surface area contributed by atoms with Crippen molar-refractivity contribution in [3.63, 3.8) is 0 Å². The third-order valence-electron chi connectivity index (χ3n) is 5.16. The van der Waals surface area contributed by atoms with Crippen LogP contribution in [0.25, 0.3) is 5.65 Å². The average molecular weight is 401 g/mol. The maximum Gasteiger partial charge on any atom is 0.321 e. The SMILES string of the molecule is O=C1NCC(c2cc([C@H]3C[C@@H]3c3ncc(Cl)cc3F)c3nccn3n2)C(=O)N1. The van der Waals surface area contributed by atoms with Crippen LogP contribution in [0.5, 0.6) is 0 Å². The van der Waals surface area contributed by atoms with Crippen molar-refractivity contribution in [2.45, 2.75) is 24.2 Å². The van der Waals surface area contributed by atoms with Gasteiger partial charge < -0.3 is 5.32 Å². The number of carbonyl (C=O) groups excluding carboxylic acids is 2. The smallest absolute Gasteiger partial charge is 0.321 e. The van der Waals surface area contributed by atoms with Crippen molar-refractivity contribution in [1.29, 1.82) is 0 Å². The summed E-state index contributed by atoms with van der Waals surface area (Å²) in [7, 11) is 0. The zero-order valence-corrected chi connectivity index (χ0v) is 15.2. The van der Waals surface area contributed by atoms with Gasteiger partial charge in [0.25, 0.3) is 0 Å². The molecule has 3 atom stereocenters. The van der Waals surface area contributed by atoms with Crippen LogP contribution in [0.4, 0.5) is 9.18 Å². The van der Waals surface area contributed by atoms with Gasteiger partial charge in [-0.05, 0) is 24.5 Å². The first-order valence-corrected chi connectivity index (χ1v) is 9.13. The Morgan fingerprint density at radius 2 is 2.07 bits per heavy atom. The molecule has 1 saturated heterocycles. The normalized spacial score (nSPS) is 24.1. The lowest BCUT2D eigenvalue weighted by Gasteiger charge is -2.22. The van der Waals surface area contributed by atoms with Gasteiger partial charge in [-0.3, -0.25) is 15.1 Å². The van der Waals surface area contributed by atoms with Gasteiger partial charge in [0.05, 0.1) is 22.3 Å². The highest BCUT2D eigenvalue weighted by Gasteiger charge is 2.44. The van der Waals surface area contributed by atoms with Gasteiger partial charge in [0.1, 0.15) is 5.82 Å². The number of imidazole rings is 1. The van der Waals surface area contributed by atoms with Gasteiger partial charge in [-0.1, -0.05) is 11.6 Å². The maximum absolute atomic E-state index is 14.3. The number of imide groups is 1. The Labute approximate surface area is 163 Å². The molecule has 0 spiro atoms. The van der Waals surface area contributed by atoms with Gasteiger partial charge in [0.2, 0.25) is 5.91 Å². The number of rotatable bonds is 3. The van der Waals surface area contributed by atoms with Crippen LogP contribution in [0, 0.1) is 5.82 Å². The van der Waals surface area contributed by atoms with Crippen molar-refractivity contribution in [2.75, 3.05) is 6.54 Å². The Bertz CT molecular complexity index is 1130. The minimum Gasteiger partial charge on any atom is -0.337 e. The van der Waals surface area contributed by atoms with E-state index in [0.717, 1.165) is 5.56 Å². The fraction of sp³-hybridized carbons (Fsp3) is 0.278. The molecule has 1 aliphatic heterocycles. The summed E-state index contributed by atoms with van der Waals surface area (Å²) in [5, 5.41) is 9.58. The number of nitrogens with zero attached hydrogens (tertiary/aromatic N) is 4. The fourth-order valence-electron chi connectivity index (χ4n) is 3.71. The molecule has 142 valence electrons. The van der Waals surface area contributed by atoms with Crippen molar-refractivity contribution in [1.82, 2.24) is 30.2 Å². The largest absolute Gasteiger partial charge is 0.337 e. The molecule has 3 aromatic heterocycles. The maximum atomic E-state index is 14.3. The number of nitrogens with one attached hydrogen (secondary N) is 2. The van der Waals surface area contributed by atoms with Gasteiger partial charge in [0.15, 0.2) is 5.65 Å². The number of aromatic nitrogens is 4. The van der Waals surface area contributed by atoms with E-state index in [1.165, 1.54) is 12.3 Å². The lowest BCUT2D eigenvalue weighted by molar-refractivity contribution is -0.122. The molecule has 0 radical (unpaired) electrons. The summed E-state index contributed by atoms with van der Waals surface area (Å²) in [6, 6.07) is 2.57. The molecular formula is C18H14ClFN6O2. The highest BCUT2D eigenvalue weighted by Crippen LogP contribution is 2.55. The highest BCUT2D eigenvalue weighted by molar-refractivity contribution is 6.30. The summed E-state index contributed by atoms with van der Waals surface area (Å²) in [6.45, 7) is 0.165. The summed E-state index contributed by atoms with van der Waals surface area (Å²) in [5.41, 5.74) is 2.43. The van der Waals surface area contributed by atoms with Crippen molar-refractivity contribution < 1.29 is 14.0 Å². The number of urea groups is 1. The van der Waals surface area contributed by atoms with E-state index in [1.54, 1.807) is 16.9 Å². The fourth-order valence-corrected chi connectivity index (χ4v) is 3.86. The topological polar surface area (TPSA) is 101 Å². The Hall–Kier alpha value is -3.07. The van der Waals surface area contributed by atoms with E-state index in [1.807, 2.05) is 6.07 Å². The second kappa shape index (κ2) is 6.23. The quantitative estimate of drug-likeness (QED) is 0.701. The van der Waals surface area contributed by atoms with Gasteiger partial charge in [-0.2, -0.15) is 5.10 Å². The Balaban J connectivity index is 1.52. The molecule has 1 saturated carbocycles. The van der Waals surface area contributed by atoms with Crippen LogP contribution in [0.1, 0.15) is 41.1 Å². The van der Waals surface area contributed by atoms with Gasteiger partial charge in [-0.15, -0.1) is 0 Å². The van der Waals surface area contributed by atoms with Gasteiger partial charge in [-0.25, -0.2) is 18.7 Å². The van der Waals surface area contributed by atoms with E-state index in [9.17, 15) is 14.0 Å². The van der Waals surface area contributed by atoms with E-state index >= 15 is 0 Å². The summed E-state index contributed by atoms with van der Waals surface area (Å²) in [4.78, 5) is 32.1. The molecule has 28 heavy (non-hydrogen) atoms. The molecule has 4 heterocycles. The number of hydrogen-bond acceptors (Lipinski definition) is 5. The molecule has 5 rings (SSSR count). The Kier molecular flexibility index (Phi) is 3.80. The number of hydrogen-bond donors (Lipinski definition) is 2. The predicted octanol–water partition coefficient (Wildman–Crippen LogP) is 2.11. The van der Waals surface area contributed by atoms with Gasteiger partial charge in [0, 0.05) is 36.6 Å². The summed E-state index contributed by atoms with van der Waals surface area (Å²) < 4.78 is 15.9. The number of amides is 3. The van der Waals surface area contributed by atoms with Crippen LogP contribution in [0.15, 0.2) is 30.7 Å². The van der Waals surface area contributed by atoms with Crippen molar-refractivity contribution in [3.05, 3.63) is 58.5 Å². The van der Waals surface area contributed by atoms with Crippen LogP contribution in [0.2, 0.25) is 5.02 Å². The lowest BCUT2D eigenvalue weighted by atomic mass is 9.99. The Morgan fingerprint density at radius 1 is 1.21 bits per heavy atom. The van der Waals surface area contributed by atoms with E-state index in [4.69, 9.17) is 11.6 Å². The van der Waals surface area contributed by atoms with Crippen LogP contribution < -0.4 is 10.6 Å². The molecule has 3 amide bonds. The minimum absolute atomic E-state index is 0.0102. The molecule has 2 aliphatic rings. The lowest BCUT2D eigenvalue weighted by Crippen LogP contribution is -2.51. The van der Waals surface area contributed by atoms with Gasteiger partial charge >= 0.3 is 6.03 Å². The molecule has 0 aromatic carbocycles. The average Bonchev–Trinajstić information content (AvgIpc) is 3.28. The van der Waals surface area contributed by atoms with E-state index in [-0.39, 0.29) is 23.4 Å². The number of carbonyl (C=O) groups is 2. The number of pyridine rings is 1. The standard InChI is InChI=1S/C18H14ClFN6O2/c19-8-3-13(20)15(22-6-8)10-4-9(10)11-5-14(25-26-2-1-21-16(11)26)12-7-23-18(28)24-17(12)27/h1-3,5-6,9-10,12H,4,7H2,(H2,23,24,27,28)/t9-,10-,12?/m0/s1. The van der Waals surface area contributed by atoms with E-state index in [2.05, 4.69) is 25.7 Å². The van der Waals surface area contributed by atoms with Crippen molar-refractivity contribution in [2.24, 2.45) is 0 Å². The molecule has 3 aromatic rings. The highest BCUT2D eigenvalue weighted by atomic mass is 35.5. The molecule has 1 aliphatic carbocycles. The number of halogens is 2. The summed E-state index contributed by atoms with van der Waals surface area (Å²) in [6.07, 6.45) is 5.47.